The third kappa shape index (κ3) is 4.18. The van der Waals surface area contributed by atoms with Crippen molar-refractivity contribution in [3.8, 4) is 0 Å². The van der Waals surface area contributed by atoms with Gasteiger partial charge in [0.25, 0.3) is 5.91 Å². The summed E-state index contributed by atoms with van der Waals surface area (Å²) < 4.78 is 0. The van der Waals surface area contributed by atoms with Gasteiger partial charge in [-0.05, 0) is 42.5 Å². The zero-order valence-corrected chi connectivity index (χ0v) is 13.7. The van der Waals surface area contributed by atoms with Crippen LogP contribution in [0.2, 0.25) is 10.0 Å². The predicted molar refractivity (Wildman–Crippen MR) is 94.0 cm³/mol. The van der Waals surface area contributed by atoms with Crippen LogP contribution in [0.3, 0.4) is 0 Å². The molecule has 1 aromatic carbocycles. The van der Waals surface area contributed by atoms with Crippen molar-refractivity contribution >= 4 is 46.4 Å². The molecule has 2 heterocycles. The number of halogens is 2. The summed E-state index contributed by atoms with van der Waals surface area (Å²) in [6.45, 7) is 0. The van der Waals surface area contributed by atoms with Gasteiger partial charge in [-0.15, -0.1) is 10.2 Å². The Kier molecular flexibility index (Phi) is 4.88. The summed E-state index contributed by atoms with van der Waals surface area (Å²) in [5.74, 6) is 0.519. The van der Waals surface area contributed by atoms with Crippen LogP contribution < -0.4 is 10.6 Å². The van der Waals surface area contributed by atoms with Crippen molar-refractivity contribution in [2.45, 2.75) is 0 Å². The standard InChI is InChI=1S/C16H11Cl2N5O/c17-11-6-12(18)8-13(7-11)20-14-3-4-15(23-22-14)21-16(24)10-2-1-5-19-9-10/h1-9H,(H,20,22)(H,21,23,24). The van der Waals surface area contributed by atoms with Crippen molar-refractivity contribution in [3.63, 3.8) is 0 Å². The minimum absolute atomic E-state index is 0.306. The smallest absolute Gasteiger partial charge is 0.258 e. The summed E-state index contributed by atoms with van der Waals surface area (Å²) in [5.41, 5.74) is 1.13. The highest BCUT2D eigenvalue weighted by molar-refractivity contribution is 6.35. The number of rotatable bonds is 4. The number of anilines is 3. The van der Waals surface area contributed by atoms with Gasteiger partial charge in [0.2, 0.25) is 0 Å². The quantitative estimate of drug-likeness (QED) is 0.730. The Morgan fingerprint density at radius 2 is 1.67 bits per heavy atom. The van der Waals surface area contributed by atoms with Gasteiger partial charge in [0.05, 0.1) is 5.56 Å². The minimum atomic E-state index is -0.306. The van der Waals surface area contributed by atoms with Gasteiger partial charge >= 0.3 is 0 Å². The molecule has 6 nitrogen and oxygen atoms in total. The van der Waals surface area contributed by atoms with E-state index in [9.17, 15) is 4.79 Å². The molecular formula is C16H11Cl2N5O. The van der Waals surface area contributed by atoms with Crippen molar-refractivity contribution in [2.24, 2.45) is 0 Å². The zero-order chi connectivity index (χ0) is 16.9. The maximum Gasteiger partial charge on any atom is 0.258 e. The van der Waals surface area contributed by atoms with E-state index in [4.69, 9.17) is 23.2 Å². The van der Waals surface area contributed by atoms with Crippen LogP contribution in [0.4, 0.5) is 17.3 Å². The van der Waals surface area contributed by atoms with Crippen molar-refractivity contribution in [1.29, 1.82) is 0 Å². The average Bonchev–Trinajstić information content (AvgIpc) is 2.56. The molecule has 0 aliphatic rings. The number of benzene rings is 1. The molecule has 0 unspecified atom stereocenters. The maximum absolute atomic E-state index is 12.0. The van der Waals surface area contributed by atoms with Crippen LogP contribution in [0, 0.1) is 0 Å². The molecule has 3 rings (SSSR count). The first-order valence-corrected chi connectivity index (χ1v) is 7.64. The van der Waals surface area contributed by atoms with Crippen LogP contribution in [0.1, 0.15) is 10.4 Å². The maximum atomic E-state index is 12.0. The van der Waals surface area contributed by atoms with E-state index in [1.165, 1.54) is 6.20 Å². The zero-order valence-electron chi connectivity index (χ0n) is 12.2. The molecule has 1 amide bonds. The lowest BCUT2D eigenvalue weighted by molar-refractivity contribution is 0.102. The van der Waals surface area contributed by atoms with Crippen LogP contribution in [-0.4, -0.2) is 21.1 Å². The molecule has 120 valence electrons. The van der Waals surface area contributed by atoms with E-state index >= 15 is 0 Å². The van der Waals surface area contributed by atoms with Gasteiger partial charge in [0.15, 0.2) is 11.6 Å². The van der Waals surface area contributed by atoms with E-state index in [1.54, 1.807) is 48.7 Å². The largest absolute Gasteiger partial charge is 0.339 e. The molecule has 3 aromatic rings. The molecule has 0 saturated heterocycles. The van der Waals surface area contributed by atoms with E-state index in [2.05, 4.69) is 25.8 Å². The molecule has 0 saturated carbocycles. The SMILES string of the molecule is O=C(Nc1ccc(Nc2cc(Cl)cc(Cl)c2)nn1)c1cccnc1. The number of carbonyl (C=O) groups is 1. The van der Waals surface area contributed by atoms with Crippen molar-refractivity contribution < 1.29 is 4.79 Å². The molecule has 2 aromatic heterocycles. The first kappa shape index (κ1) is 16.2. The fraction of sp³-hybridized carbons (Fsp3) is 0. The molecule has 0 fully saturated rings. The number of hydrogen-bond donors (Lipinski definition) is 2. The molecule has 0 atom stereocenters. The van der Waals surface area contributed by atoms with Crippen LogP contribution in [0.5, 0.6) is 0 Å². The molecule has 0 aliphatic carbocycles. The van der Waals surface area contributed by atoms with Gasteiger partial charge < -0.3 is 10.6 Å². The summed E-state index contributed by atoms with van der Waals surface area (Å²) in [7, 11) is 0. The highest BCUT2D eigenvalue weighted by atomic mass is 35.5. The lowest BCUT2D eigenvalue weighted by atomic mass is 10.3. The molecule has 8 heteroatoms. The summed E-state index contributed by atoms with van der Waals surface area (Å²) >= 11 is 11.9. The Morgan fingerprint density at radius 3 is 2.29 bits per heavy atom. The second kappa shape index (κ2) is 7.25. The van der Waals surface area contributed by atoms with E-state index in [-0.39, 0.29) is 5.91 Å². The second-order valence-corrected chi connectivity index (χ2v) is 5.66. The molecule has 0 spiro atoms. The second-order valence-electron chi connectivity index (χ2n) is 4.78. The topological polar surface area (TPSA) is 79.8 Å². The number of nitrogens with zero attached hydrogens (tertiary/aromatic N) is 3. The van der Waals surface area contributed by atoms with Gasteiger partial charge in [-0.1, -0.05) is 23.2 Å². The highest BCUT2D eigenvalue weighted by Gasteiger charge is 2.07. The summed E-state index contributed by atoms with van der Waals surface area (Å²) in [4.78, 5) is 15.9. The monoisotopic (exact) mass is 359 g/mol. The Bertz CT molecular complexity index is 836. The Balaban J connectivity index is 1.68. The Morgan fingerprint density at radius 1 is 0.958 bits per heavy atom. The predicted octanol–water partition coefficient (Wildman–Crippen LogP) is 4.17. The van der Waals surface area contributed by atoms with E-state index < -0.39 is 0 Å². The molecule has 0 aliphatic heterocycles. The van der Waals surface area contributed by atoms with Gasteiger partial charge in [0.1, 0.15) is 0 Å². The Labute approximate surface area is 147 Å². The fourth-order valence-electron chi connectivity index (χ4n) is 1.93. The molecule has 0 bridgehead atoms. The van der Waals surface area contributed by atoms with Crippen LogP contribution >= 0.6 is 23.2 Å². The van der Waals surface area contributed by atoms with E-state index in [1.807, 2.05) is 0 Å². The lowest BCUT2D eigenvalue weighted by Crippen LogP contribution is -2.13. The normalized spacial score (nSPS) is 10.2. The van der Waals surface area contributed by atoms with Crippen LogP contribution in [0.25, 0.3) is 0 Å². The molecule has 0 radical (unpaired) electrons. The number of amides is 1. The van der Waals surface area contributed by atoms with Gasteiger partial charge in [-0.25, -0.2) is 0 Å². The number of pyridine rings is 1. The average molecular weight is 360 g/mol. The number of aromatic nitrogens is 3. The van der Waals surface area contributed by atoms with E-state index in [0.29, 0.717) is 32.9 Å². The Hall–Kier alpha value is -2.70. The van der Waals surface area contributed by atoms with Gasteiger partial charge in [0, 0.05) is 28.1 Å². The molecule has 2 N–H and O–H groups in total. The minimum Gasteiger partial charge on any atom is -0.339 e. The van der Waals surface area contributed by atoms with Gasteiger partial charge in [-0.2, -0.15) is 0 Å². The molecule has 24 heavy (non-hydrogen) atoms. The van der Waals surface area contributed by atoms with Crippen LogP contribution in [0.15, 0.2) is 54.9 Å². The summed E-state index contributed by atoms with van der Waals surface area (Å²) in [5, 5.41) is 14.7. The number of carbonyl (C=O) groups excluding carboxylic acids is 1. The van der Waals surface area contributed by atoms with Crippen molar-refractivity contribution in [1.82, 2.24) is 15.2 Å². The molecular weight excluding hydrogens is 349 g/mol. The first-order valence-electron chi connectivity index (χ1n) is 6.88. The first-order chi connectivity index (χ1) is 11.6. The fourth-order valence-corrected chi connectivity index (χ4v) is 2.45. The highest BCUT2D eigenvalue weighted by Crippen LogP contribution is 2.24. The third-order valence-corrected chi connectivity index (χ3v) is 3.40. The van der Waals surface area contributed by atoms with Crippen LogP contribution in [-0.2, 0) is 0 Å². The summed E-state index contributed by atoms with van der Waals surface area (Å²) in [6.07, 6.45) is 3.07. The third-order valence-electron chi connectivity index (χ3n) is 2.96. The lowest BCUT2D eigenvalue weighted by Gasteiger charge is -2.07. The number of nitrogens with one attached hydrogen (secondary N) is 2. The van der Waals surface area contributed by atoms with Gasteiger partial charge in [-0.3, -0.25) is 9.78 Å². The number of hydrogen-bond acceptors (Lipinski definition) is 5. The summed E-state index contributed by atoms with van der Waals surface area (Å²) in [6, 6.07) is 11.7. The van der Waals surface area contributed by atoms with E-state index in [0.717, 1.165) is 0 Å². The van der Waals surface area contributed by atoms with Crippen molar-refractivity contribution in [3.05, 3.63) is 70.5 Å². The van der Waals surface area contributed by atoms with Crippen molar-refractivity contribution in [2.75, 3.05) is 10.6 Å².